The van der Waals surface area contributed by atoms with Gasteiger partial charge in [0.1, 0.15) is 11.6 Å². The van der Waals surface area contributed by atoms with Gasteiger partial charge in [-0.15, -0.1) is 0 Å². The molecule has 2 heterocycles. The molecule has 2 aromatic rings. The zero-order valence-electron chi connectivity index (χ0n) is 16.2. The van der Waals surface area contributed by atoms with E-state index < -0.39 is 11.7 Å². The van der Waals surface area contributed by atoms with Crippen molar-refractivity contribution in [3.8, 4) is 5.75 Å². The van der Waals surface area contributed by atoms with Crippen molar-refractivity contribution in [3.05, 3.63) is 65.0 Å². The van der Waals surface area contributed by atoms with Crippen molar-refractivity contribution in [1.82, 2.24) is 15.1 Å². The Morgan fingerprint density at radius 2 is 1.86 bits per heavy atom. The molecule has 29 heavy (non-hydrogen) atoms. The Labute approximate surface area is 169 Å². The molecule has 6 nitrogen and oxygen atoms in total. The SMILES string of the molecule is O=C(NCC(=O)N1CCN(Cc2ccc3c(c2)CCO3)CC1)c1ccccc1F. The van der Waals surface area contributed by atoms with Gasteiger partial charge in [-0.05, 0) is 29.3 Å². The summed E-state index contributed by atoms with van der Waals surface area (Å²) in [6, 6.07) is 12.1. The average molecular weight is 397 g/mol. The number of nitrogens with zero attached hydrogens (tertiary/aromatic N) is 2. The van der Waals surface area contributed by atoms with Gasteiger partial charge in [0.25, 0.3) is 5.91 Å². The van der Waals surface area contributed by atoms with E-state index in [9.17, 15) is 14.0 Å². The van der Waals surface area contributed by atoms with Gasteiger partial charge in [0.05, 0.1) is 18.7 Å². The molecule has 0 aromatic heterocycles. The monoisotopic (exact) mass is 397 g/mol. The summed E-state index contributed by atoms with van der Waals surface area (Å²) in [5.41, 5.74) is 2.47. The molecular formula is C22H24FN3O3. The number of fused-ring (bicyclic) bond motifs is 1. The van der Waals surface area contributed by atoms with Crippen molar-refractivity contribution in [2.45, 2.75) is 13.0 Å². The average Bonchev–Trinajstić information content (AvgIpc) is 3.20. The molecule has 2 aliphatic heterocycles. The number of rotatable bonds is 5. The Hall–Kier alpha value is -2.93. The highest BCUT2D eigenvalue weighted by Gasteiger charge is 2.22. The van der Waals surface area contributed by atoms with Crippen LogP contribution in [0.25, 0.3) is 0 Å². The highest BCUT2D eigenvalue weighted by molar-refractivity contribution is 5.96. The van der Waals surface area contributed by atoms with E-state index in [2.05, 4.69) is 22.3 Å². The maximum absolute atomic E-state index is 13.6. The highest BCUT2D eigenvalue weighted by atomic mass is 19.1. The van der Waals surface area contributed by atoms with E-state index in [1.54, 1.807) is 11.0 Å². The first-order valence-corrected chi connectivity index (χ1v) is 9.87. The third-order valence-corrected chi connectivity index (χ3v) is 5.40. The Morgan fingerprint density at radius 1 is 1.07 bits per heavy atom. The van der Waals surface area contributed by atoms with Gasteiger partial charge < -0.3 is 15.0 Å². The molecule has 0 radical (unpaired) electrons. The van der Waals surface area contributed by atoms with Crippen LogP contribution in [0.5, 0.6) is 5.75 Å². The van der Waals surface area contributed by atoms with Gasteiger partial charge in [-0.2, -0.15) is 0 Å². The van der Waals surface area contributed by atoms with Crippen LogP contribution in [-0.2, 0) is 17.8 Å². The minimum atomic E-state index is -0.593. The maximum Gasteiger partial charge on any atom is 0.254 e. The van der Waals surface area contributed by atoms with Crippen molar-refractivity contribution < 1.29 is 18.7 Å². The predicted molar refractivity (Wildman–Crippen MR) is 106 cm³/mol. The molecular weight excluding hydrogens is 373 g/mol. The Morgan fingerprint density at radius 3 is 2.66 bits per heavy atom. The van der Waals surface area contributed by atoms with Gasteiger partial charge in [0, 0.05) is 39.1 Å². The van der Waals surface area contributed by atoms with Gasteiger partial charge in [0.2, 0.25) is 5.91 Å². The van der Waals surface area contributed by atoms with E-state index in [-0.39, 0.29) is 18.0 Å². The second-order valence-electron chi connectivity index (χ2n) is 7.36. The van der Waals surface area contributed by atoms with Gasteiger partial charge in [-0.25, -0.2) is 4.39 Å². The minimum Gasteiger partial charge on any atom is -0.493 e. The van der Waals surface area contributed by atoms with Crippen molar-refractivity contribution >= 4 is 11.8 Å². The number of halogens is 1. The summed E-state index contributed by atoms with van der Waals surface area (Å²) < 4.78 is 19.2. The third kappa shape index (κ3) is 4.56. The number of benzene rings is 2. The highest BCUT2D eigenvalue weighted by Crippen LogP contribution is 2.26. The third-order valence-electron chi connectivity index (χ3n) is 5.40. The van der Waals surface area contributed by atoms with Gasteiger partial charge in [0.15, 0.2) is 0 Å². The molecule has 0 aliphatic carbocycles. The zero-order valence-corrected chi connectivity index (χ0v) is 16.2. The number of amides is 2. The standard InChI is InChI=1S/C22H24FN3O3/c23-19-4-2-1-3-18(19)22(28)24-14-21(27)26-10-8-25(9-11-26)15-16-5-6-20-17(13-16)7-12-29-20/h1-6,13H,7-12,14-15H2,(H,24,28). The quantitative estimate of drug-likeness (QED) is 0.836. The molecule has 0 unspecified atom stereocenters. The van der Waals surface area contributed by atoms with E-state index in [4.69, 9.17) is 4.74 Å². The smallest absolute Gasteiger partial charge is 0.254 e. The number of ether oxygens (including phenoxy) is 1. The minimum absolute atomic E-state index is 0.0511. The fraction of sp³-hybridized carbons (Fsp3) is 0.364. The molecule has 0 atom stereocenters. The first kappa shape index (κ1) is 19.4. The number of piperazine rings is 1. The molecule has 152 valence electrons. The summed E-state index contributed by atoms with van der Waals surface area (Å²) >= 11 is 0. The Bertz CT molecular complexity index is 910. The molecule has 7 heteroatoms. The first-order chi connectivity index (χ1) is 14.1. The van der Waals surface area contributed by atoms with Crippen LogP contribution in [0.1, 0.15) is 21.5 Å². The molecule has 0 saturated carbocycles. The van der Waals surface area contributed by atoms with Crippen LogP contribution in [0.4, 0.5) is 4.39 Å². The summed E-state index contributed by atoms with van der Waals surface area (Å²) in [6.45, 7) is 4.26. The number of nitrogens with one attached hydrogen (secondary N) is 1. The molecule has 1 N–H and O–H groups in total. The van der Waals surface area contributed by atoms with Crippen molar-refractivity contribution in [3.63, 3.8) is 0 Å². The molecule has 1 fully saturated rings. The molecule has 0 bridgehead atoms. The van der Waals surface area contributed by atoms with E-state index >= 15 is 0 Å². The van der Waals surface area contributed by atoms with E-state index in [0.29, 0.717) is 13.1 Å². The second-order valence-corrected chi connectivity index (χ2v) is 7.36. The fourth-order valence-electron chi connectivity index (χ4n) is 3.76. The Kier molecular flexibility index (Phi) is 5.76. The van der Waals surface area contributed by atoms with Crippen LogP contribution in [-0.4, -0.2) is 60.9 Å². The topological polar surface area (TPSA) is 61.9 Å². The number of hydrogen-bond donors (Lipinski definition) is 1. The van der Waals surface area contributed by atoms with Crippen molar-refractivity contribution in [2.75, 3.05) is 39.3 Å². The fourth-order valence-corrected chi connectivity index (χ4v) is 3.76. The van der Waals surface area contributed by atoms with Crippen LogP contribution < -0.4 is 10.1 Å². The van der Waals surface area contributed by atoms with Crippen molar-refractivity contribution in [1.29, 1.82) is 0 Å². The van der Waals surface area contributed by atoms with Crippen LogP contribution in [0.3, 0.4) is 0 Å². The molecule has 0 spiro atoms. The maximum atomic E-state index is 13.6. The van der Waals surface area contributed by atoms with Crippen LogP contribution >= 0.6 is 0 Å². The summed E-state index contributed by atoms with van der Waals surface area (Å²) in [7, 11) is 0. The number of hydrogen-bond acceptors (Lipinski definition) is 4. The lowest BCUT2D eigenvalue weighted by Crippen LogP contribution is -2.50. The molecule has 4 rings (SSSR count). The van der Waals surface area contributed by atoms with Crippen LogP contribution in [0.15, 0.2) is 42.5 Å². The van der Waals surface area contributed by atoms with Gasteiger partial charge >= 0.3 is 0 Å². The van der Waals surface area contributed by atoms with Crippen LogP contribution in [0, 0.1) is 5.82 Å². The lowest BCUT2D eigenvalue weighted by Gasteiger charge is -2.34. The summed E-state index contributed by atoms with van der Waals surface area (Å²) in [6.07, 6.45) is 0.962. The van der Waals surface area contributed by atoms with Crippen molar-refractivity contribution in [2.24, 2.45) is 0 Å². The summed E-state index contributed by atoms with van der Waals surface area (Å²) in [5, 5.41) is 2.52. The second kappa shape index (κ2) is 8.61. The number of carbonyl (C=O) groups excluding carboxylic acids is 2. The van der Waals surface area contributed by atoms with Gasteiger partial charge in [-0.1, -0.05) is 24.3 Å². The van der Waals surface area contributed by atoms with Gasteiger partial charge in [-0.3, -0.25) is 14.5 Å². The largest absolute Gasteiger partial charge is 0.493 e. The van der Waals surface area contributed by atoms with E-state index in [0.717, 1.165) is 38.4 Å². The summed E-state index contributed by atoms with van der Waals surface area (Å²) in [4.78, 5) is 28.5. The van der Waals surface area contributed by atoms with E-state index in [1.165, 1.54) is 29.3 Å². The lowest BCUT2D eigenvalue weighted by atomic mass is 10.1. The zero-order chi connectivity index (χ0) is 20.2. The Balaban J connectivity index is 1.23. The van der Waals surface area contributed by atoms with E-state index in [1.807, 2.05) is 6.07 Å². The molecule has 2 aromatic carbocycles. The predicted octanol–water partition coefficient (Wildman–Crippen LogP) is 1.83. The summed E-state index contributed by atoms with van der Waals surface area (Å²) in [5.74, 6) is -0.328. The lowest BCUT2D eigenvalue weighted by molar-refractivity contribution is -0.131. The van der Waals surface area contributed by atoms with Crippen LogP contribution in [0.2, 0.25) is 0 Å². The first-order valence-electron chi connectivity index (χ1n) is 9.87. The molecule has 2 amide bonds. The molecule has 1 saturated heterocycles. The number of carbonyl (C=O) groups is 2. The molecule has 2 aliphatic rings. The normalized spacial score (nSPS) is 16.2.